The lowest BCUT2D eigenvalue weighted by Crippen LogP contribution is -2.48. The molecule has 3 heterocycles. The fraction of sp³-hybridized carbons (Fsp3) is 0.400. The average molecular weight is 380 g/mol. The molecule has 2 aromatic heterocycles. The van der Waals surface area contributed by atoms with Gasteiger partial charge in [0.05, 0.1) is 24.2 Å². The number of carbonyl (C=O) groups is 1. The first-order valence-corrected chi connectivity index (χ1v) is 9.44. The number of para-hydroxylation sites is 1. The van der Waals surface area contributed by atoms with Crippen LogP contribution in [0, 0.1) is 13.8 Å². The van der Waals surface area contributed by atoms with Crippen LogP contribution in [-0.2, 0) is 17.8 Å². The molecule has 2 N–H and O–H groups in total. The van der Waals surface area contributed by atoms with Gasteiger partial charge in [0, 0.05) is 37.1 Å². The van der Waals surface area contributed by atoms with Crippen molar-refractivity contribution in [3.8, 4) is 0 Å². The number of fused-ring (bicyclic) bond motifs is 1. The van der Waals surface area contributed by atoms with Gasteiger partial charge in [-0.1, -0.05) is 17.3 Å². The number of amides is 1. The highest BCUT2D eigenvalue weighted by Gasteiger charge is 2.24. The molecule has 146 valence electrons. The van der Waals surface area contributed by atoms with Gasteiger partial charge in [-0.05, 0) is 26.0 Å². The minimum atomic E-state index is 0.111. The molecule has 28 heavy (non-hydrogen) atoms. The molecule has 0 spiro atoms. The summed E-state index contributed by atoms with van der Waals surface area (Å²) >= 11 is 0. The molecule has 0 bridgehead atoms. The van der Waals surface area contributed by atoms with Crippen LogP contribution in [0.3, 0.4) is 0 Å². The lowest BCUT2D eigenvalue weighted by atomic mass is 10.1. The second kappa shape index (κ2) is 7.55. The second-order valence-corrected chi connectivity index (χ2v) is 7.18. The van der Waals surface area contributed by atoms with E-state index < -0.39 is 0 Å². The van der Waals surface area contributed by atoms with Crippen LogP contribution in [0.15, 0.2) is 28.8 Å². The van der Waals surface area contributed by atoms with E-state index in [2.05, 4.69) is 20.0 Å². The van der Waals surface area contributed by atoms with Crippen LogP contribution in [0.2, 0.25) is 0 Å². The van der Waals surface area contributed by atoms with Crippen LogP contribution in [0.4, 0.5) is 5.82 Å². The van der Waals surface area contributed by atoms with E-state index in [1.807, 2.05) is 43.0 Å². The van der Waals surface area contributed by atoms with Crippen molar-refractivity contribution >= 4 is 22.6 Å². The number of nitrogen functional groups attached to an aromatic ring is 1. The summed E-state index contributed by atoms with van der Waals surface area (Å²) in [6.07, 6.45) is 0.339. The van der Waals surface area contributed by atoms with Crippen molar-refractivity contribution in [2.45, 2.75) is 26.8 Å². The largest absolute Gasteiger partial charge is 0.383 e. The van der Waals surface area contributed by atoms with Crippen molar-refractivity contribution in [3.05, 3.63) is 47.1 Å². The summed E-state index contributed by atoms with van der Waals surface area (Å²) in [4.78, 5) is 25.8. The molecule has 0 saturated carbocycles. The molecule has 1 aliphatic rings. The minimum Gasteiger partial charge on any atom is -0.383 e. The van der Waals surface area contributed by atoms with Crippen LogP contribution in [0.1, 0.15) is 22.8 Å². The topological polar surface area (TPSA) is 101 Å². The summed E-state index contributed by atoms with van der Waals surface area (Å²) in [7, 11) is 0. The van der Waals surface area contributed by atoms with Crippen molar-refractivity contribution in [1.82, 2.24) is 24.9 Å². The van der Waals surface area contributed by atoms with E-state index >= 15 is 0 Å². The van der Waals surface area contributed by atoms with Crippen LogP contribution in [0.25, 0.3) is 10.9 Å². The highest BCUT2D eigenvalue weighted by molar-refractivity contribution is 5.87. The highest BCUT2D eigenvalue weighted by Crippen LogP contribution is 2.19. The van der Waals surface area contributed by atoms with Gasteiger partial charge in [-0.3, -0.25) is 9.69 Å². The number of nitrogens with two attached hydrogens (primary N) is 1. The van der Waals surface area contributed by atoms with Gasteiger partial charge in [-0.2, -0.15) is 0 Å². The number of aryl methyl sites for hydroxylation is 2. The number of anilines is 1. The SMILES string of the molecule is Cc1noc(C)c1CC(=O)N1CCN(Cc2nc(N)c3ccccc3n2)CC1. The smallest absolute Gasteiger partial charge is 0.227 e. The maximum absolute atomic E-state index is 12.6. The van der Waals surface area contributed by atoms with E-state index in [9.17, 15) is 4.79 Å². The Balaban J connectivity index is 1.36. The van der Waals surface area contributed by atoms with Gasteiger partial charge in [-0.15, -0.1) is 0 Å². The number of benzene rings is 1. The average Bonchev–Trinajstić information content (AvgIpc) is 3.00. The summed E-state index contributed by atoms with van der Waals surface area (Å²) < 4.78 is 5.15. The van der Waals surface area contributed by atoms with E-state index in [4.69, 9.17) is 10.3 Å². The summed E-state index contributed by atoms with van der Waals surface area (Å²) in [5.74, 6) is 2.05. The van der Waals surface area contributed by atoms with Crippen molar-refractivity contribution in [3.63, 3.8) is 0 Å². The number of piperazine rings is 1. The third kappa shape index (κ3) is 3.68. The molecule has 0 unspecified atom stereocenters. The number of aromatic nitrogens is 3. The first kappa shape index (κ1) is 18.4. The van der Waals surface area contributed by atoms with E-state index in [0.29, 0.717) is 37.7 Å². The lowest BCUT2D eigenvalue weighted by molar-refractivity contribution is -0.132. The number of hydrogen-bond donors (Lipinski definition) is 1. The van der Waals surface area contributed by atoms with E-state index in [1.165, 1.54) is 0 Å². The van der Waals surface area contributed by atoms with Gasteiger partial charge >= 0.3 is 0 Å². The zero-order chi connectivity index (χ0) is 19.7. The fourth-order valence-electron chi connectivity index (χ4n) is 3.59. The van der Waals surface area contributed by atoms with Gasteiger partial charge in [0.25, 0.3) is 0 Å². The Bertz CT molecular complexity index is 988. The summed E-state index contributed by atoms with van der Waals surface area (Å²) in [5, 5.41) is 4.80. The molecule has 1 amide bonds. The normalized spacial score (nSPS) is 15.3. The van der Waals surface area contributed by atoms with Crippen LogP contribution >= 0.6 is 0 Å². The van der Waals surface area contributed by atoms with Crippen molar-refractivity contribution in [1.29, 1.82) is 0 Å². The third-order valence-corrected chi connectivity index (χ3v) is 5.28. The van der Waals surface area contributed by atoms with Crippen molar-refractivity contribution in [2.24, 2.45) is 0 Å². The molecular weight excluding hydrogens is 356 g/mol. The first-order valence-electron chi connectivity index (χ1n) is 9.44. The Morgan fingerprint density at radius 1 is 1.14 bits per heavy atom. The Hall–Kier alpha value is -3.00. The summed E-state index contributed by atoms with van der Waals surface area (Å²) in [5.41, 5.74) is 8.62. The minimum absolute atomic E-state index is 0.111. The summed E-state index contributed by atoms with van der Waals surface area (Å²) in [6.45, 7) is 7.27. The monoisotopic (exact) mass is 380 g/mol. The molecular formula is C20H24N6O2. The Kier molecular flexibility index (Phi) is 4.95. The quantitative estimate of drug-likeness (QED) is 0.735. The maximum atomic E-state index is 12.6. The van der Waals surface area contributed by atoms with Gasteiger partial charge in [0.2, 0.25) is 5.91 Å². The molecule has 4 rings (SSSR count). The molecule has 3 aromatic rings. The van der Waals surface area contributed by atoms with Gasteiger partial charge in [0.15, 0.2) is 0 Å². The van der Waals surface area contributed by atoms with Crippen LogP contribution < -0.4 is 5.73 Å². The Morgan fingerprint density at radius 3 is 2.61 bits per heavy atom. The lowest BCUT2D eigenvalue weighted by Gasteiger charge is -2.34. The van der Waals surface area contributed by atoms with E-state index in [1.54, 1.807) is 0 Å². The zero-order valence-corrected chi connectivity index (χ0v) is 16.2. The van der Waals surface area contributed by atoms with Gasteiger partial charge in [0.1, 0.15) is 17.4 Å². The number of carbonyl (C=O) groups excluding carboxylic acids is 1. The molecule has 0 atom stereocenters. The Labute approximate surface area is 163 Å². The molecule has 1 saturated heterocycles. The van der Waals surface area contributed by atoms with E-state index in [-0.39, 0.29) is 5.91 Å². The molecule has 1 aromatic carbocycles. The predicted octanol–water partition coefficient (Wildman–Crippen LogP) is 1.70. The molecule has 0 aliphatic carbocycles. The van der Waals surface area contributed by atoms with Gasteiger partial charge < -0.3 is 15.2 Å². The molecule has 8 nitrogen and oxygen atoms in total. The van der Waals surface area contributed by atoms with Crippen LogP contribution in [-0.4, -0.2) is 57.0 Å². The number of nitrogens with zero attached hydrogens (tertiary/aromatic N) is 5. The maximum Gasteiger partial charge on any atom is 0.227 e. The molecule has 8 heteroatoms. The third-order valence-electron chi connectivity index (χ3n) is 5.28. The molecule has 1 fully saturated rings. The molecule has 0 radical (unpaired) electrons. The first-order chi connectivity index (χ1) is 13.5. The van der Waals surface area contributed by atoms with Crippen molar-refractivity contribution in [2.75, 3.05) is 31.9 Å². The van der Waals surface area contributed by atoms with E-state index in [0.717, 1.165) is 41.0 Å². The van der Waals surface area contributed by atoms with Crippen LogP contribution in [0.5, 0.6) is 0 Å². The highest BCUT2D eigenvalue weighted by atomic mass is 16.5. The number of hydrogen-bond acceptors (Lipinski definition) is 7. The zero-order valence-electron chi connectivity index (χ0n) is 16.2. The summed E-state index contributed by atoms with van der Waals surface area (Å²) in [6, 6.07) is 7.75. The standard InChI is InChI=1S/C20H24N6O2/c1-13-16(14(2)28-24-13)11-19(27)26-9-7-25(8-10-26)12-18-22-17-6-4-3-5-15(17)20(21)23-18/h3-6H,7-12H2,1-2H3,(H2,21,22,23). The fourth-order valence-corrected chi connectivity index (χ4v) is 3.59. The molecule has 1 aliphatic heterocycles. The Morgan fingerprint density at radius 2 is 1.89 bits per heavy atom. The van der Waals surface area contributed by atoms with Crippen molar-refractivity contribution < 1.29 is 9.32 Å². The van der Waals surface area contributed by atoms with Gasteiger partial charge in [-0.25, -0.2) is 9.97 Å². The predicted molar refractivity (Wildman–Crippen MR) is 105 cm³/mol. The second-order valence-electron chi connectivity index (χ2n) is 7.18. The number of rotatable bonds is 4.